The van der Waals surface area contributed by atoms with E-state index >= 15 is 0 Å². The first-order valence-electron chi connectivity index (χ1n) is 6.11. The van der Waals surface area contributed by atoms with Crippen molar-refractivity contribution in [1.29, 1.82) is 0 Å². The average Bonchev–Trinajstić information content (AvgIpc) is 2.31. The third kappa shape index (κ3) is 6.57. The van der Waals surface area contributed by atoms with Crippen LogP contribution in [0.5, 0.6) is 0 Å². The minimum absolute atomic E-state index is 0.936. The zero-order chi connectivity index (χ0) is 13.3. The number of rotatable bonds is 3. The molecular weight excluding hydrogens is 204 g/mol. The van der Waals surface area contributed by atoms with Crippen LogP contribution in [-0.2, 0) is 0 Å². The van der Waals surface area contributed by atoms with E-state index in [0.29, 0.717) is 0 Å². The van der Waals surface area contributed by atoms with Crippen LogP contribution in [0.3, 0.4) is 0 Å². The highest BCUT2D eigenvalue weighted by atomic mass is 14.0. The molecule has 0 heteroatoms. The molecular formula is C17H24. The quantitative estimate of drug-likeness (QED) is 0.601. The second-order valence-corrected chi connectivity index (χ2v) is 4.18. The summed E-state index contributed by atoms with van der Waals surface area (Å²) in [6.07, 6.45) is 7.06. The van der Waals surface area contributed by atoms with Gasteiger partial charge in [-0.15, -0.1) is 0 Å². The van der Waals surface area contributed by atoms with Crippen LogP contribution >= 0.6 is 0 Å². The third-order valence-corrected chi connectivity index (χ3v) is 2.17. The summed E-state index contributed by atoms with van der Waals surface area (Å²) in [4.78, 5) is 0. The number of aryl methyl sites for hydroxylation is 2. The monoisotopic (exact) mass is 228 g/mol. The van der Waals surface area contributed by atoms with Gasteiger partial charge in [-0.2, -0.15) is 0 Å². The molecule has 0 spiro atoms. The molecule has 0 heterocycles. The Morgan fingerprint density at radius 1 is 1.24 bits per heavy atom. The van der Waals surface area contributed by atoms with Crippen LogP contribution in [0.25, 0.3) is 6.08 Å². The van der Waals surface area contributed by atoms with E-state index in [0.717, 1.165) is 5.57 Å². The molecule has 0 fully saturated rings. The third-order valence-electron chi connectivity index (χ3n) is 2.17. The van der Waals surface area contributed by atoms with Crippen molar-refractivity contribution in [2.75, 3.05) is 0 Å². The Labute approximate surface area is 106 Å². The van der Waals surface area contributed by atoms with Gasteiger partial charge in [0.25, 0.3) is 0 Å². The standard InChI is InChI=1S/C14H16.C3H8/c1-5-11(2)7-9-14-10-12(3)6-8-13(14)4;1-3-2/h5-10H,1-2H2,3-4H3;3H2,1-2H3/b9-7+;. The van der Waals surface area contributed by atoms with Crippen molar-refractivity contribution in [2.45, 2.75) is 34.1 Å². The first-order valence-corrected chi connectivity index (χ1v) is 6.11. The first kappa shape index (κ1) is 15.4. The van der Waals surface area contributed by atoms with Crippen LogP contribution in [0.1, 0.15) is 37.0 Å². The molecule has 0 aliphatic rings. The summed E-state index contributed by atoms with van der Waals surface area (Å²) in [5.41, 5.74) is 4.74. The number of benzene rings is 1. The summed E-state index contributed by atoms with van der Waals surface area (Å²) in [6, 6.07) is 6.42. The molecule has 1 rings (SSSR count). The molecule has 0 atom stereocenters. The predicted octanol–water partition coefficient (Wildman–Crippen LogP) is 5.48. The topological polar surface area (TPSA) is 0 Å². The zero-order valence-corrected chi connectivity index (χ0v) is 11.6. The molecule has 1 aromatic carbocycles. The van der Waals surface area contributed by atoms with E-state index in [4.69, 9.17) is 0 Å². The maximum Gasteiger partial charge on any atom is -0.0225 e. The van der Waals surface area contributed by atoms with Gasteiger partial charge in [0.15, 0.2) is 0 Å². The highest BCUT2D eigenvalue weighted by molar-refractivity contribution is 5.58. The molecule has 0 radical (unpaired) electrons. The summed E-state index contributed by atoms with van der Waals surface area (Å²) < 4.78 is 0. The fourth-order valence-electron chi connectivity index (χ4n) is 1.20. The summed E-state index contributed by atoms with van der Waals surface area (Å²) in [7, 11) is 0. The van der Waals surface area contributed by atoms with Crippen molar-refractivity contribution in [3.05, 3.63) is 65.8 Å². The predicted molar refractivity (Wildman–Crippen MR) is 80.3 cm³/mol. The molecule has 0 aliphatic carbocycles. The van der Waals surface area contributed by atoms with E-state index in [1.54, 1.807) is 6.08 Å². The lowest BCUT2D eigenvalue weighted by atomic mass is 10.0. The van der Waals surface area contributed by atoms with Gasteiger partial charge in [0.1, 0.15) is 0 Å². The van der Waals surface area contributed by atoms with E-state index < -0.39 is 0 Å². The van der Waals surface area contributed by atoms with Gasteiger partial charge in [-0.05, 0) is 30.5 Å². The number of allylic oxidation sites excluding steroid dienone is 3. The van der Waals surface area contributed by atoms with Crippen LogP contribution in [0.2, 0.25) is 0 Å². The fourth-order valence-corrected chi connectivity index (χ4v) is 1.20. The van der Waals surface area contributed by atoms with Crippen molar-refractivity contribution >= 4 is 6.08 Å². The Kier molecular flexibility index (Phi) is 7.79. The molecule has 0 unspecified atom stereocenters. The van der Waals surface area contributed by atoms with E-state index in [9.17, 15) is 0 Å². The summed E-state index contributed by atoms with van der Waals surface area (Å²) >= 11 is 0. The molecule has 0 amide bonds. The van der Waals surface area contributed by atoms with Gasteiger partial charge >= 0.3 is 0 Å². The van der Waals surface area contributed by atoms with Crippen molar-refractivity contribution < 1.29 is 0 Å². The highest BCUT2D eigenvalue weighted by Gasteiger charge is 1.93. The lowest BCUT2D eigenvalue weighted by Crippen LogP contribution is -1.81. The van der Waals surface area contributed by atoms with Crippen molar-refractivity contribution in [1.82, 2.24) is 0 Å². The smallest absolute Gasteiger partial charge is 0.0225 e. The Hall–Kier alpha value is -1.56. The fraction of sp³-hybridized carbons (Fsp3) is 0.294. The largest absolute Gasteiger partial charge is 0.0985 e. The molecule has 0 saturated heterocycles. The Bertz CT molecular complexity index is 394. The van der Waals surface area contributed by atoms with E-state index in [1.165, 1.54) is 23.1 Å². The highest BCUT2D eigenvalue weighted by Crippen LogP contribution is 2.13. The van der Waals surface area contributed by atoms with Gasteiger partial charge in [0.2, 0.25) is 0 Å². The molecule has 0 aromatic heterocycles. The zero-order valence-electron chi connectivity index (χ0n) is 11.6. The summed E-state index contributed by atoms with van der Waals surface area (Å²) in [5.74, 6) is 0. The SMILES string of the molecule is C=CC(=C)/C=C/c1cc(C)ccc1C.CCC. The Morgan fingerprint density at radius 2 is 1.82 bits per heavy atom. The van der Waals surface area contributed by atoms with Crippen molar-refractivity contribution in [2.24, 2.45) is 0 Å². The van der Waals surface area contributed by atoms with Gasteiger partial charge in [0.05, 0.1) is 0 Å². The minimum atomic E-state index is 0.936. The van der Waals surface area contributed by atoms with Crippen LogP contribution in [0, 0.1) is 13.8 Å². The van der Waals surface area contributed by atoms with Crippen LogP contribution in [0.4, 0.5) is 0 Å². The molecule has 92 valence electrons. The molecule has 0 bridgehead atoms. The van der Waals surface area contributed by atoms with E-state index in [1.807, 2.05) is 6.08 Å². The molecule has 0 aliphatic heterocycles. The maximum absolute atomic E-state index is 3.84. The van der Waals surface area contributed by atoms with Gasteiger partial charge in [-0.1, -0.05) is 75.4 Å². The average molecular weight is 228 g/mol. The van der Waals surface area contributed by atoms with Gasteiger partial charge in [0, 0.05) is 0 Å². The molecule has 0 nitrogen and oxygen atoms in total. The number of hydrogen-bond donors (Lipinski definition) is 0. The lowest BCUT2D eigenvalue weighted by molar-refractivity contribution is 1.09. The molecule has 1 aromatic rings. The van der Waals surface area contributed by atoms with Gasteiger partial charge in [-0.25, -0.2) is 0 Å². The van der Waals surface area contributed by atoms with Gasteiger partial charge < -0.3 is 0 Å². The molecule has 0 N–H and O–H groups in total. The van der Waals surface area contributed by atoms with Crippen molar-refractivity contribution in [3.8, 4) is 0 Å². The number of hydrogen-bond acceptors (Lipinski definition) is 0. The molecule has 0 saturated carbocycles. The Balaban J connectivity index is 0.000000770. The summed E-state index contributed by atoms with van der Waals surface area (Å²) in [5, 5.41) is 0. The second-order valence-electron chi connectivity index (χ2n) is 4.18. The first-order chi connectivity index (χ1) is 8.04. The van der Waals surface area contributed by atoms with Crippen molar-refractivity contribution in [3.63, 3.8) is 0 Å². The lowest BCUT2D eigenvalue weighted by Gasteiger charge is -2.01. The van der Waals surface area contributed by atoms with E-state index in [-0.39, 0.29) is 0 Å². The van der Waals surface area contributed by atoms with E-state index in [2.05, 4.69) is 65.1 Å². The Morgan fingerprint density at radius 3 is 2.35 bits per heavy atom. The molecule has 17 heavy (non-hydrogen) atoms. The van der Waals surface area contributed by atoms with Crippen LogP contribution in [-0.4, -0.2) is 0 Å². The second kappa shape index (κ2) is 8.58. The minimum Gasteiger partial charge on any atom is -0.0985 e. The normalized spacial score (nSPS) is 9.65. The van der Waals surface area contributed by atoms with Crippen LogP contribution < -0.4 is 0 Å². The van der Waals surface area contributed by atoms with Crippen LogP contribution in [0.15, 0.2) is 49.1 Å². The van der Waals surface area contributed by atoms with Gasteiger partial charge in [-0.3, -0.25) is 0 Å². The summed E-state index contributed by atoms with van der Waals surface area (Å²) in [6.45, 7) is 16.0. The maximum atomic E-state index is 3.84.